The van der Waals surface area contributed by atoms with E-state index in [1.165, 1.54) is 10.5 Å². The fraction of sp³-hybridized carbons (Fsp3) is 0.500. The maximum absolute atomic E-state index is 3.53. The summed E-state index contributed by atoms with van der Waals surface area (Å²) in [5, 5.41) is 0. The third-order valence-electron chi connectivity index (χ3n) is 2.02. The van der Waals surface area contributed by atoms with Gasteiger partial charge in [0.15, 0.2) is 0 Å². The van der Waals surface area contributed by atoms with Crippen molar-refractivity contribution in [3.05, 3.63) is 29.8 Å². The summed E-state index contributed by atoms with van der Waals surface area (Å²) >= 11 is 5.37. The number of rotatable bonds is 2. The first-order chi connectivity index (χ1) is 6.39. The van der Waals surface area contributed by atoms with Crippen molar-refractivity contribution < 1.29 is 0 Å². The highest BCUT2D eigenvalue weighted by Crippen LogP contribution is 2.29. The predicted octanol–water partition coefficient (Wildman–Crippen LogP) is 4.82. The minimum atomic E-state index is 0.253. The monoisotopic (exact) mass is 272 g/mol. The van der Waals surface area contributed by atoms with Crippen molar-refractivity contribution in [2.75, 3.05) is 0 Å². The number of hydrogen-bond acceptors (Lipinski definition) is 1. The Morgan fingerprint density at radius 3 is 2.00 bits per heavy atom. The normalized spacial score (nSPS) is 14.1. The van der Waals surface area contributed by atoms with Crippen LogP contribution in [0.25, 0.3) is 0 Å². The van der Waals surface area contributed by atoms with Crippen molar-refractivity contribution in [1.82, 2.24) is 0 Å². The standard InChI is InChI=1S/C12H17BrS/c1-9(13)14-11-7-5-10(6-8-11)12(2,3)4/h5-9H,1-4H3/t9-/m1/s1. The molecule has 1 rings (SSSR count). The van der Waals surface area contributed by atoms with Crippen molar-refractivity contribution >= 4 is 27.7 Å². The van der Waals surface area contributed by atoms with Crippen molar-refractivity contribution in [2.24, 2.45) is 0 Å². The second-order valence-electron chi connectivity index (χ2n) is 4.44. The SMILES string of the molecule is C[C@H](Br)Sc1ccc(C(C)(C)C)cc1. The largest absolute Gasteiger partial charge is 0.111 e. The van der Waals surface area contributed by atoms with Crippen LogP contribution in [0.4, 0.5) is 0 Å². The molecule has 2 heteroatoms. The molecular weight excluding hydrogens is 256 g/mol. The average Bonchev–Trinajstić information content (AvgIpc) is 2.02. The van der Waals surface area contributed by atoms with Gasteiger partial charge in [-0.05, 0) is 30.0 Å². The molecule has 0 bridgehead atoms. The Morgan fingerprint density at radius 1 is 1.14 bits per heavy atom. The number of halogens is 1. The predicted molar refractivity (Wildman–Crippen MR) is 69.4 cm³/mol. The van der Waals surface area contributed by atoms with Gasteiger partial charge in [-0.25, -0.2) is 0 Å². The fourth-order valence-electron chi connectivity index (χ4n) is 1.22. The Balaban J connectivity index is 2.79. The average molecular weight is 273 g/mol. The molecular formula is C12H17BrS. The second kappa shape index (κ2) is 4.71. The molecule has 0 amide bonds. The van der Waals surface area contributed by atoms with E-state index in [4.69, 9.17) is 0 Å². The van der Waals surface area contributed by atoms with E-state index in [2.05, 4.69) is 67.9 Å². The first kappa shape index (κ1) is 12.1. The topological polar surface area (TPSA) is 0 Å². The molecule has 0 radical (unpaired) electrons. The minimum Gasteiger partial charge on any atom is -0.111 e. The van der Waals surface area contributed by atoms with Crippen LogP contribution in [0.3, 0.4) is 0 Å². The van der Waals surface area contributed by atoms with E-state index in [-0.39, 0.29) is 5.41 Å². The zero-order valence-electron chi connectivity index (χ0n) is 9.17. The van der Waals surface area contributed by atoms with E-state index >= 15 is 0 Å². The van der Waals surface area contributed by atoms with Crippen LogP contribution >= 0.6 is 27.7 Å². The van der Waals surface area contributed by atoms with Gasteiger partial charge in [0.25, 0.3) is 0 Å². The molecule has 0 unspecified atom stereocenters. The highest BCUT2D eigenvalue weighted by Gasteiger charge is 2.12. The van der Waals surface area contributed by atoms with Crippen molar-refractivity contribution in [3.8, 4) is 0 Å². The molecule has 0 spiro atoms. The zero-order chi connectivity index (χ0) is 10.8. The number of thioether (sulfide) groups is 1. The Kier molecular flexibility index (Phi) is 4.08. The van der Waals surface area contributed by atoms with Gasteiger partial charge < -0.3 is 0 Å². The lowest BCUT2D eigenvalue weighted by atomic mass is 9.87. The Morgan fingerprint density at radius 2 is 1.64 bits per heavy atom. The molecule has 1 atom stereocenters. The molecule has 0 saturated carbocycles. The second-order valence-corrected chi connectivity index (χ2v) is 7.83. The maximum atomic E-state index is 3.53. The van der Waals surface area contributed by atoms with E-state index in [0.717, 1.165) is 0 Å². The summed E-state index contributed by atoms with van der Waals surface area (Å²) < 4.78 is 0.475. The van der Waals surface area contributed by atoms with Gasteiger partial charge in [0.2, 0.25) is 0 Å². The molecule has 1 aromatic carbocycles. The molecule has 0 heterocycles. The fourth-order valence-corrected chi connectivity index (χ4v) is 2.54. The van der Waals surface area contributed by atoms with E-state index in [1.54, 1.807) is 0 Å². The van der Waals surface area contributed by atoms with Gasteiger partial charge in [0, 0.05) is 4.90 Å². The molecule has 14 heavy (non-hydrogen) atoms. The molecule has 1 aromatic rings. The van der Waals surface area contributed by atoms with Gasteiger partial charge in [-0.15, -0.1) is 11.8 Å². The molecule has 0 aromatic heterocycles. The summed E-state index contributed by atoms with van der Waals surface area (Å²) in [4.78, 5) is 1.32. The molecule has 78 valence electrons. The Hall–Kier alpha value is 0.0500. The van der Waals surface area contributed by atoms with Crippen molar-refractivity contribution in [1.29, 1.82) is 0 Å². The number of alkyl halides is 1. The molecule has 0 fully saturated rings. The van der Waals surface area contributed by atoms with Gasteiger partial charge in [-0.3, -0.25) is 0 Å². The lowest BCUT2D eigenvalue weighted by Gasteiger charge is -2.19. The third kappa shape index (κ3) is 3.66. The summed E-state index contributed by atoms with van der Waals surface area (Å²) in [5.41, 5.74) is 1.65. The highest BCUT2D eigenvalue weighted by molar-refractivity contribution is 9.11. The molecule has 0 nitrogen and oxygen atoms in total. The van der Waals surface area contributed by atoms with Crippen LogP contribution in [0.5, 0.6) is 0 Å². The summed E-state index contributed by atoms with van der Waals surface area (Å²) in [6.07, 6.45) is 0. The van der Waals surface area contributed by atoms with E-state index < -0.39 is 0 Å². The van der Waals surface area contributed by atoms with Gasteiger partial charge in [-0.1, -0.05) is 48.8 Å². The van der Waals surface area contributed by atoms with Gasteiger partial charge in [0.05, 0.1) is 4.16 Å². The lowest BCUT2D eigenvalue weighted by Crippen LogP contribution is -2.10. The molecule has 0 N–H and O–H groups in total. The van der Waals surface area contributed by atoms with E-state index in [9.17, 15) is 0 Å². The van der Waals surface area contributed by atoms with Crippen LogP contribution in [-0.2, 0) is 5.41 Å². The Labute approximate surface area is 99.6 Å². The molecule has 0 aliphatic rings. The van der Waals surface area contributed by atoms with Gasteiger partial charge >= 0.3 is 0 Å². The van der Waals surface area contributed by atoms with E-state index in [1.807, 2.05) is 11.8 Å². The van der Waals surface area contributed by atoms with Crippen LogP contribution in [-0.4, -0.2) is 4.16 Å². The Bertz CT molecular complexity index is 282. The van der Waals surface area contributed by atoms with Gasteiger partial charge in [0.1, 0.15) is 0 Å². The maximum Gasteiger partial charge on any atom is 0.0619 e. The van der Waals surface area contributed by atoms with Crippen LogP contribution in [0.2, 0.25) is 0 Å². The molecule has 0 saturated heterocycles. The third-order valence-corrected chi connectivity index (χ3v) is 3.45. The van der Waals surface area contributed by atoms with Crippen LogP contribution < -0.4 is 0 Å². The first-order valence-electron chi connectivity index (χ1n) is 4.81. The summed E-state index contributed by atoms with van der Waals surface area (Å²) in [7, 11) is 0. The van der Waals surface area contributed by atoms with Gasteiger partial charge in [-0.2, -0.15) is 0 Å². The number of benzene rings is 1. The van der Waals surface area contributed by atoms with Crippen molar-refractivity contribution in [3.63, 3.8) is 0 Å². The van der Waals surface area contributed by atoms with E-state index in [0.29, 0.717) is 4.16 Å². The summed E-state index contributed by atoms with van der Waals surface area (Å²) in [5.74, 6) is 0. The van der Waals surface area contributed by atoms with Crippen LogP contribution in [0.1, 0.15) is 33.3 Å². The minimum absolute atomic E-state index is 0.253. The quantitative estimate of drug-likeness (QED) is 0.550. The smallest absolute Gasteiger partial charge is 0.0619 e. The number of hydrogen-bond donors (Lipinski definition) is 0. The van der Waals surface area contributed by atoms with Crippen molar-refractivity contribution in [2.45, 2.75) is 42.2 Å². The zero-order valence-corrected chi connectivity index (χ0v) is 11.6. The first-order valence-corrected chi connectivity index (χ1v) is 6.60. The molecule has 0 aliphatic carbocycles. The summed E-state index contributed by atoms with van der Waals surface area (Å²) in [6.45, 7) is 8.86. The molecule has 0 aliphatic heterocycles. The summed E-state index contributed by atoms with van der Waals surface area (Å²) in [6, 6.07) is 8.83. The highest BCUT2D eigenvalue weighted by atomic mass is 79.9. The lowest BCUT2D eigenvalue weighted by molar-refractivity contribution is 0.590. The van der Waals surface area contributed by atoms with Crippen LogP contribution in [0.15, 0.2) is 29.2 Å². The van der Waals surface area contributed by atoms with Crippen LogP contribution in [0, 0.1) is 0 Å².